The van der Waals surface area contributed by atoms with E-state index in [9.17, 15) is 4.79 Å². The quantitative estimate of drug-likeness (QED) is 0.871. The Morgan fingerprint density at radius 1 is 1.33 bits per heavy atom. The van der Waals surface area contributed by atoms with Gasteiger partial charge >= 0.3 is 5.97 Å². The fourth-order valence-electron chi connectivity index (χ4n) is 2.31. The van der Waals surface area contributed by atoms with Crippen molar-refractivity contribution in [1.29, 1.82) is 0 Å². The summed E-state index contributed by atoms with van der Waals surface area (Å²) in [4.78, 5) is 10.8. The maximum atomic E-state index is 10.8. The molecule has 1 aliphatic heterocycles. The lowest BCUT2D eigenvalue weighted by Crippen LogP contribution is -2.29. The van der Waals surface area contributed by atoms with Crippen LogP contribution in [0.25, 0.3) is 0 Å². The highest BCUT2D eigenvalue weighted by atomic mass is 16.5. The summed E-state index contributed by atoms with van der Waals surface area (Å²) < 4.78 is 5.16. The molecule has 0 unspecified atom stereocenters. The van der Waals surface area contributed by atoms with E-state index >= 15 is 0 Å². The first kappa shape index (κ1) is 13.1. The van der Waals surface area contributed by atoms with E-state index in [-0.39, 0.29) is 11.8 Å². The number of ether oxygens (including phenoxy) is 1. The van der Waals surface area contributed by atoms with Crippen LogP contribution in [-0.4, -0.2) is 24.3 Å². The molecule has 1 aromatic rings. The number of hydrogen-bond acceptors (Lipinski definition) is 2. The number of benzene rings is 1. The molecule has 3 nitrogen and oxygen atoms in total. The van der Waals surface area contributed by atoms with Crippen molar-refractivity contribution < 1.29 is 14.6 Å². The van der Waals surface area contributed by atoms with E-state index in [0.717, 1.165) is 25.2 Å². The molecule has 1 aliphatic rings. The number of carboxylic acid groups (broad SMARTS) is 1. The monoisotopic (exact) mass is 248 g/mol. The third kappa shape index (κ3) is 3.10. The second-order valence-electron chi connectivity index (χ2n) is 5.76. The highest BCUT2D eigenvalue weighted by molar-refractivity contribution is 5.68. The molecule has 98 valence electrons. The molecule has 18 heavy (non-hydrogen) atoms. The molecule has 0 aromatic heterocycles. The Hall–Kier alpha value is -1.35. The Kier molecular flexibility index (Phi) is 3.71. The summed E-state index contributed by atoms with van der Waals surface area (Å²) in [5.74, 6) is -0.0985. The summed E-state index contributed by atoms with van der Waals surface area (Å²) in [5, 5.41) is 8.91. The second kappa shape index (κ2) is 5.11. The predicted molar refractivity (Wildman–Crippen MR) is 69.7 cm³/mol. The minimum Gasteiger partial charge on any atom is -0.481 e. The molecule has 0 amide bonds. The zero-order chi connectivity index (χ0) is 13.2. The third-order valence-electron chi connectivity index (χ3n) is 3.56. The molecule has 0 radical (unpaired) electrons. The van der Waals surface area contributed by atoms with Gasteiger partial charge in [0.2, 0.25) is 0 Å². The van der Waals surface area contributed by atoms with Gasteiger partial charge in [0.05, 0.1) is 19.6 Å². The molecule has 0 atom stereocenters. The van der Waals surface area contributed by atoms with Crippen molar-refractivity contribution in [2.24, 2.45) is 5.92 Å². The van der Waals surface area contributed by atoms with Crippen LogP contribution in [0.2, 0.25) is 0 Å². The Morgan fingerprint density at radius 2 is 1.94 bits per heavy atom. The van der Waals surface area contributed by atoms with Gasteiger partial charge in [-0.2, -0.15) is 0 Å². The summed E-state index contributed by atoms with van der Waals surface area (Å²) in [6.45, 7) is 5.67. The molecule has 0 bridgehead atoms. The van der Waals surface area contributed by atoms with Gasteiger partial charge < -0.3 is 9.84 Å². The molecule has 0 aliphatic carbocycles. The van der Waals surface area contributed by atoms with Crippen LogP contribution in [-0.2, 0) is 21.4 Å². The van der Waals surface area contributed by atoms with Gasteiger partial charge in [0.15, 0.2) is 0 Å². The lowest BCUT2D eigenvalue weighted by Gasteiger charge is -2.27. The maximum absolute atomic E-state index is 10.8. The van der Waals surface area contributed by atoms with Gasteiger partial charge in [-0.1, -0.05) is 38.1 Å². The van der Waals surface area contributed by atoms with Crippen LogP contribution in [0.15, 0.2) is 24.3 Å². The van der Waals surface area contributed by atoms with Crippen LogP contribution in [0.1, 0.15) is 31.4 Å². The normalized spacial score (nSPS) is 16.3. The van der Waals surface area contributed by atoms with E-state index in [1.807, 2.05) is 13.8 Å². The molecular weight excluding hydrogens is 228 g/mol. The molecule has 0 saturated carbocycles. The van der Waals surface area contributed by atoms with Crippen LogP contribution < -0.4 is 0 Å². The summed E-state index contributed by atoms with van der Waals surface area (Å²) in [6, 6.07) is 8.32. The van der Waals surface area contributed by atoms with Crippen molar-refractivity contribution in [3.63, 3.8) is 0 Å². The van der Waals surface area contributed by atoms with Gasteiger partial charge in [-0.25, -0.2) is 0 Å². The molecule has 3 heteroatoms. The molecule has 2 rings (SSSR count). The van der Waals surface area contributed by atoms with Crippen LogP contribution in [0.4, 0.5) is 0 Å². The maximum Gasteiger partial charge on any atom is 0.304 e. The number of hydrogen-bond donors (Lipinski definition) is 1. The van der Waals surface area contributed by atoms with E-state index in [4.69, 9.17) is 9.84 Å². The van der Waals surface area contributed by atoms with Gasteiger partial charge in [-0.15, -0.1) is 0 Å². The van der Waals surface area contributed by atoms with Crippen molar-refractivity contribution >= 4 is 5.97 Å². The number of carbonyl (C=O) groups is 1. The van der Waals surface area contributed by atoms with Crippen LogP contribution >= 0.6 is 0 Å². The first-order valence-electron chi connectivity index (χ1n) is 6.36. The van der Waals surface area contributed by atoms with Gasteiger partial charge in [0.1, 0.15) is 0 Å². The number of rotatable bonds is 5. The van der Waals surface area contributed by atoms with E-state index in [1.54, 1.807) is 0 Å². The lowest BCUT2D eigenvalue weighted by molar-refractivity contribution is -0.138. The Bertz CT molecular complexity index is 416. The summed E-state index contributed by atoms with van der Waals surface area (Å²) >= 11 is 0. The summed E-state index contributed by atoms with van der Waals surface area (Å²) in [6.07, 6.45) is 1.21. The van der Waals surface area contributed by atoms with Crippen LogP contribution in [0.3, 0.4) is 0 Å². The molecule has 1 N–H and O–H groups in total. The smallest absolute Gasteiger partial charge is 0.304 e. The van der Waals surface area contributed by atoms with Gasteiger partial charge in [0, 0.05) is 11.3 Å². The molecular formula is C15H20O3. The van der Waals surface area contributed by atoms with E-state index in [2.05, 4.69) is 24.3 Å². The molecule has 1 fully saturated rings. The van der Waals surface area contributed by atoms with Crippen molar-refractivity contribution in [2.75, 3.05) is 13.2 Å². The topological polar surface area (TPSA) is 46.5 Å². The van der Waals surface area contributed by atoms with Gasteiger partial charge in [0.25, 0.3) is 0 Å². The largest absolute Gasteiger partial charge is 0.481 e. The van der Waals surface area contributed by atoms with E-state index in [0.29, 0.717) is 5.92 Å². The third-order valence-corrected chi connectivity index (χ3v) is 3.56. The summed E-state index contributed by atoms with van der Waals surface area (Å²) in [5.41, 5.74) is 2.07. The van der Waals surface area contributed by atoms with Crippen LogP contribution in [0, 0.1) is 5.92 Å². The molecule has 1 heterocycles. The van der Waals surface area contributed by atoms with Crippen molar-refractivity contribution in [1.82, 2.24) is 0 Å². The van der Waals surface area contributed by atoms with Gasteiger partial charge in [-0.05, 0) is 17.5 Å². The average Bonchev–Trinajstić information content (AvgIpc) is 2.22. The Balaban J connectivity index is 2.03. The molecule has 1 aromatic carbocycles. The predicted octanol–water partition coefficient (Wildman–Crippen LogP) is 2.63. The van der Waals surface area contributed by atoms with E-state index in [1.165, 1.54) is 5.56 Å². The standard InChI is InChI=1S/C15H20O3/c1-15(2,8-14(16)17)13-5-3-11(4-6-13)7-12-9-18-10-12/h3-6,12H,7-10H2,1-2H3,(H,16,17). The lowest BCUT2D eigenvalue weighted by atomic mass is 9.81. The SMILES string of the molecule is CC(C)(CC(=O)O)c1ccc(CC2COC2)cc1. The fraction of sp³-hybridized carbons (Fsp3) is 0.533. The average molecular weight is 248 g/mol. The summed E-state index contributed by atoms with van der Waals surface area (Å²) in [7, 11) is 0. The Labute approximate surface area is 108 Å². The highest BCUT2D eigenvalue weighted by Gasteiger charge is 2.24. The minimum absolute atomic E-state index is 0.156. The van der Waals surface area contributed by atoms with E-state index < -0.39 is 5.97 Å². The fourth-order valence-corrected chi connectivity index (χ4v) is 2.31. The molecule has 1 saturated heterocycles. The zero-order valence-electron chi connectivity index (χ0n) is 11.0. The highest BCUT2D eigenvalue weighted by Crippen LogP contribution is 2.28. The van der Waals surface area contributed by atoms with Crippen molar-refractivity contribution in [3.8, 4) is 0 Å². The zero-order valence-corrected chi connectivity index (χ0v) is 11.0. The number of aliphatic carboxylic acids is 1. The second-order valence-corrected chi connectivity index (χ2v) is 5.76. The molecule has 0 spiro atoms. The minimum atomic E-state index is -0.754. The first-order chi connectivity index (χ1) is 8.47. The van der Waals surface area contributed by atoms with Crippen molar-refractivity contribution in [3.05, 3.63) is 35.4 Å². The number of carboxylic acids is 1. The van der Waals surface area contributed by atoms with Crippen molar-refractivity contribution in [2.45, 2.75) is 32.1 Å². The Morgan fingerprint density at radius 3 is 2.39 bits per heavy atom. The van der Waals surface area contributed by atoms with Gasteiger partial charge in [-0.3, -0.25) is 4.79 Å². The van der Waals surface area contributed by atoms with Crippen LogP contribution in [0.5, 0.6) is 0 Å². The first-order valence-corrected chi connectivity index (χ1v) is 6.36.